The molecule has 0 atom stereocenters. The number of fused-ring (bicyclic) bond motifs is 11. The lowest BCUT2D eigenvalue weighted by Crippen LogP contribution is -2.31. The van der Waals surface area contributed by atoms with Crippen molar-refractivity contribution in [3.8, 4) is 45.3 Å². The van der Waals surface area contributed by atoms with Crippen molar-refractivity contribution in [2.24, 2.45) is 0 Å². The second-order valence-corrected chi connectivity index (χ2v) is 14.7. The van der Waals surface area contributed by atoms with E-state index in [0.717, 1.165) is 27.5 Å². The van der Waals surface area contributed by atoms with Gasteiger partial charge in [-0.3, -0.25) is 0 Å². The summed E-state index contributed by atoms with van der Waals surface area (Å²) >= 11 is 1.87. The molecule has 1 aliphatic heterocycles. The van der Waals surface area contributed by atoms with Crippen molar-refractivity contribution in [1.82, 2.24) is 15.0 Å². The van der Waals surface area contributed by atoms with Gasteiger partial charge in [0.2, 0.25) is 0 Å². The van der Waals surface area contributed by atoms with Crippen LogP contribution in [0.15, 0.2) is 186 Å². The highest BCUT2D eigenvalue weighted by Crippen LogP contribution is 2.62. The molecule has 2 heterocycles. The first-order valence-corrected chi connectivity index (χ1v) is 18.4. The molecule has 242 valence electrons. The van der Waals surface area contributed by atoms with Gasteiger partial charge in [-0.25, -0.2) is 15.0 Å². The number of hydrogen-bond acceptors (Lipinski definition) is 4. The minimum absolute atomic E-state index is 0.425. The van der Waals surface area contributed by atoms with Gasteiger partial charge in [-0.2, -0.15) is 0 Å². The Morgan fingerprint density at radius 3 is 1.56 bits per heavy atom. The third kappa shape index (κ3) is 4.31. The van der Waals surface area contributed by atoms with Crippen molar-refractivity contribution < 1.29 is 0 Å². The molecule has 0 N–H and O–H groups in total. The summed E-state index contributed by atoms with van der Waals surface area (Å²) in [6.07, 6.45) is 0. The molecule has 0 bridgehead atoms. The van der Waals surface area contributed by atoms with Gasteiger partial charge in [0.1, 0.15) is 0 Å². The Kier molecular flexibility index (Phi) is 6.40. The standard InChI is InChI=1S/C48H29N3S/c1-2-13-31(14-3-1)45-49-46(34-24-22-30-12-4-5-15-32(30)26-34)51-47(50-45)35-25-23-33-29-44-42(28-36(33)27-35)48(41-20-10-11-21-43(41)52-44)39-18-8-6-16-37(39)38-17-7-9-19-40(38)48/h1-29H. The lowest BCUT2D eigenvalue weighted by atomic mass is 9.67. The zero-order chi connectivity index (χ0) is 34.2. The normalized spacial score (nSPS) is 13.5. The Balaban J connectivity index is 1.13. The lowest BCUT2D eigenvalue weighted by Gasteiger charge is -2.39. The first-order valence-electron chi connectivity index (χ1n) is 17.6. The minimum Gasteiger partial charge on any atom is -0.208 e. The zero-order valence-corrected chi connectivity index (χ0v) is 28.8. The molecular weight excluding hydrogens is 651 g/mol. The lowest BCUT2D eigenvalue weighted by molar-refractivity contribution is 0.724. The predicted molar refractivity (Wildman–Crippen MR) is 213 cm³/mol. The molecule has 3 nitrogen and oxygen atoms in total. The van der Waals surface area contributed by atoms with Crippen molar-refractivity contribution in [2.75, 3.05) is 0 Å². The number of benzene rings is 8. The van der Waals surface area contributed by atoms with Crippen LogP contribution in [0.5, 0.6) is 0 Å². The van der Waals surface area contributed by atoms with E-state index in [1.165, 1.54) is 53.9 Å². The number of hydrogen-bond donors (Lipinski definition) is 0. The summed E-state index contributed by atoms with van der Waals surface area (Å²) in [6.45, 7) is 0. The van der Waals surface area contributed by atoms with E-state index in [1.54, 1.807) is 0 Å². The predicted octanol–water partition coefficient (Wildman–Crippen LogP) is 12.0. The summed E-state index contributed by atoms with van der Waals surface area (Å²) in [5.74, 6) is 1.97. The van der Waals surface area contributed by atoms with Crippen LogP contribution in [-0.2, 0) is 5.41 Å². The fourth-order valence-corrected chi connectivity index (χ4v) is 9.64. The van der Waals surface area contributed by atoms with Gasteiger partial charge in [0.15, 0.2) is 17.5 Å². The highest BCUT2D eigenvalue weighted by molar-refractivity contribution is 7.99. The van der Waals surface area contributed by atoms with Crippen molar-refractivity contribution in [2.45, 2.75) is 15.2 Å². The molecule has 2 aliphatic rings. The van der Waals surface area contributed by atoms with Crippen molar-refractivity contribution in [3.05, 3.63) is 198 Å². The molecule has 8 aromatic carbocycles. The molecule has 4 heteroatoms. The Morgan fingerprint density at radius 2 is 0.846 bits per heavy atom. The van der Waals surface area contributed by atoms with Gasteiger partial charge >= 0.3 is 0 Å². The maximum atomic E-state index is 5.13. The van der Waals surface area contributed by atoms with Crippen LogP contribution in [0.3, 0.4) is 0 Å². The van der Waals surface area contributed by atoms with E-state index in [-0.39, 0.29) is 0 Å². The number of rotatable bonds is 3. The molecule has 11 rings (SSSR count). The van der Waals surface area contributed by atoms with Crippen LogP contribution in [0.4, 0.5) is 0 Å². The molecule has 0 unspecified atom stereocenters. The minimum atomic E-state index is -0.425. The van der Waals surface area contributed by atoms with Gasteiger partial charge in [0, 0.05) is 26.5 Å². The fraction of sp³-hybridized carbons (Fsp3) is 0.0208. The van der Waals surface area contributed by atoms with Gasteiger partial charge in [-0.05, 0) is 85.3 Å². The smallest absolute Gasteiger partial charge is 0.164 e. The molecule has 1 spiro atoms. The molecule has 1 aromatic heterocycles. The molecule has 0 amide bonds. The first-order chi connectivity index (χ1) is 25.7. The molecular formula is C48H29N3S. The molecule has 1 aliphatic carbocycles. The van der Waals surface area contributed by atoms with E-state index < -0.39 is 5.41 Å². The van der Waals surface area contributed by atoms with Crippen LogP contribution in [-0.4, -0.2) is 15.0 Å². The van der Waals surface area contributed by atoms with Crippen molar-refractivity contribution in [1.29, 1.82) is 0 Å². The Labute approximate surface area is 305 Å². The van der Waals surface area contributed by atoms with E-state index >= 15 is 0 Å². The van der Waals surface area contributed by atoms with Crippen LogP contribution < -0.4 is 0 Å². The summed E-state index contributed by atoms with van der Waals surface area (Å²) in [7, 11) is 0. The monoisotopic (exact) mass is 679 g/mol. The van der Waals surface area contributed by atoms with E-state index in [1.807, 2.05) is 30.0 Å². The third-order valence-corrected chi connectivity index (χ3v) is 11.9. The van der Waals surface area contributed by atoms with Crippen molar-refractivity contribution in [3.63, 3.8) is 0 Å². The number of nitrogens with zero attached hydrogens (tertiary/aromatic N) is 3. The summed E-state index contributed by atoms with van der Waals surface area (Å²) in [4.78, 5) is 17.8. The van der Waals surface area contributed by atoms with E-state index in [9.17, 15) is 0 Å². The Bertz CT molecular complexity index is 2850. The van der Waals surface area contributed by atoms with Crippen LogP contribution in [0, 0.1) is 0 Å². The van der Waals surface area contributed by atoms with Gasteiger partial charge in [-0.15, -0.1) is 0 Å². The average Bonchev–Trinajstić information content (AvgIpc) is 3.51. The fourth-order valence-electron chi connectivity index (χ4n) is 8.42. The quantitative estimate of drug-likeness (QED) is 0.186. The second kappa shape index (κ2) is 11.3. The maximum Gasteiger partial charge on any atom is 0.164 e. The second-order valence-electron chi connectivity index (χ2n) is 13.6. The summed E-state index contributed by atoms with van der Waals surface area (Å²) < 4.78 is 0. The highest BCUT2D eigenvalue weighted by Gasteiger charge is 2.50. The zero-order valence-electron chi connectivity index (χ0n) is 28.0. The molecule has 0 radical (unpaired) electrons. The Morgan fingerprint density at radius 1 is 0.327 bits per heavy atom. The van der Waals surface area contributed by atoms with Gasteiger partial charge in [-0.1, -0.05) is 157 Å². The number of aromatic nitrogens is 3. The van der Waals surface area contributed by atoms with E-state index in [0.29, 0.717) is 17.5 Å². The van der Waals surface area contributed by atoms with Gasteiger partial charge in [0.25, 0.3) is 0 Å². The maximum absolute atomic E-state index is 5.13. The van der Waals surface area contributed by atoms with Crippen LogP contribution in [0.25, 0.3) is 66.8 Å². The molecule has 0 fully saturated rings. The van der Waals surface area contributed by atoms with Gasteiger partial charge < -0.3 is 0 Å². The molecule has 0 saturated carbocycles. The highest BCUT2D eigenvalue weighted by atomic mass is 32.2. The van der Waals surface area contributed by atoms with E-state index in [4.69, 9.17) is 15.0 Å². The third-order valence-electron chi connectivity index (χ3n) is 10.7. The van der Waals surface area contributed by atoms with Crippen LogP contribution in [0.2, 0.25) is 0 Å². The molecule has 0 saturated heterocycles. The molecule has 9 aromatic rings. The van der Waals surface area contributed by atoms with Crippen LogP contribution >= 0.6 is 11.8 Å². The van der Waals surface area contributed by atoms with Crippen LogP contribution in [0.1, 0.15) is 22.3 Å². The summed E-state index contributed by atoms with van der Waals surface area (Å²) in [5.41, 5.74) is 10.4. The topological polar surface area (TPSA) is 38.7 Å². The van der Waals surface area contributed by atoms with Gasteiger partial charge in [0.05, 0.1) is 5.41 Å². The SMILES string of the molecule is c1ccc(-c2nc(-c3ccc4ccccc4c3)nc(-c3ccc4cc5c(cc4c3)C3(c4ccccc4S5)c4ccccc4-c4ccccc43)n2)cc1. The summed E-state index contributed by atoms with van der Waals surface area (Å²) in [5, 5.41) is 4.69. The summed E-state index contributed by atoms with van der Waals surface area (Å²) in [6, 6.07) is 63.3. The van der Waals surface area contributed by atoms with E-state index in [2.05, 4.69) is 158 Å². The first kappa shape index (κ1) is 29.4. The average molecular weight is 680 g/mol. The largest absolute Gasteiger partial charge is 0.208 e. The molecule has 52 heavy (non-hydrogen) atoms. The van der Waals surface area contributed by atoms with Crippen molar-refractivity contribution >= 4 is 33.3 Å². The Hall–Kier alpha value is -6.36.